The Kier molecular flexibility index (Phi) is 5.09. The molecule has 1 N–H and O–H groups in total. The van der Waals surface area contributed by atoms with Crippen LogP contribution in [0.1, 0.15) is 25.1 Å². The van der Waals surface area contributed by atoms with Crippen LogP contribution in [0.4, 0.5) is 4.39 Å². The van der Waals surface area contributed by atoms with Crippen LogP contribution in [0.3, 0.4) is 0 Å². The van der Waals surface area contributed by atoms with Crippen molar-refractivity contribution in [1.82, 2.24) is 10.3 Å². The van der Waals surface area contributed by atoms with Crippen molar-refractivity contribution in [2.24, 2.45) is 0 Å². The van der Waals surface area contributed by atoms with E-state index < -0.39 is 5.82 Å². The minimum absolute atomic E-state index is 0.184. The first kappa shape index (κ1) is 14.9. The molecule has 0 aliphatic heterocycles. The fourth-order valence-corrected chi connectivity index (χ4v) is 2.24. The Morgan fingerprint density at radius 2 is 2.15 bits per heavy atom. The number of pyridine rings is 1. The molecule has 5 heteroatoms. The molecule has 0 saturated heterocycles. The number of rotatable bonds is 5. The normalized spacial score (nSPS) is 12.2. The summed E-state index contributed by atoms with van der Waals surface area (Å²) in [5.74, 6) is 0.287. The highest BCUT2D eigenvalue weighted by molar-refractivity contribution is 9.10. The summed E-state index contributed by atoms with van der Waals surface area (Å²) in [6.07, 6.45) is 2.56. The van der Waals surface area contributed by atoms with E-state index in [1.54, 1.807) is 24.4 Å². The molecule has 0 spiro atoms. The number of halogens is 2. The first-order valence-electron chi connectivity index (χ1n) is 6.40. The molecule has 0 aliphatic rings. The average Bonchev–Trinajstić information content (AvgIpc) is 2.45. The maximum Gasteiger partial charge on any atom is 0.166 e. The summed E-state index contributed by atoms with van der Waals surface area (Å²) < 4.78 is 19.8. The molecule has 1 aromatic carbocycles. The summed E-state index contributed by atoms with van der Waals surface area (Å²) in [6, 6.07) is 8.57. The van der Waals surface area contributed by atoms with Crippen LogP contribution < -0.4 is 10.1 Å². The summed E-state index contributed by atoms with van der Waals surface area (Å²) in [5, 5.41) is 3.18. The van der Waals surface area contributed by atoms with Crippen molar-refractivity contribution in [2.75, 3.05) is 7.05 Å². The predicted octanol–water partition coefficient (Wildman–Crippen LogP) is 4.45. The van der Waals surface area contributed by atoms with Crippen LogP contribution in [0.2, 0.25) is 0 Å². The van der Waals surface area contributed by atoms with Gasteiger partial charge in [0.2, 0.25) is 0 Å². The van der Waals surface area contributed by atoms with Gasteiger partial charge in [-0.25, -0.2) is 4.39 Å². The van der Waals surface area contributed by atoms with Crippen molar-refractivity contribution in [2.45, 2.75) is 19.4 Å². The number of nitrogens with zero attached hydrogens (tertiary/aromatic N) is 1. The standard InChI is InChI=1S/C15H16BrFN2O/c1-3-13(18-2)14-6-5-11(9-19-14)20-15-7-4-10(16)8-12(15)17/h4-9,13,18H,3H2,1-2H3. The first-order chi connectivity index (χ1) is 9.63. The lowest BCUT2D eigenvalue weighted by molar-refractivity contribution is 0.439. The lowest BCUT2D eigenvalue weighted by atomic mass is 10.1. The van der Waals surface area contributed by atoms with E-state index >= 15 is 0 Å². The van der Waals surface area contributed by atoms with E-state index in [0.29, 0.717) is 10.2 Å². The Labute approximate surface area is 126 Å². The Morgan fingerprint density at radius 3 is 2.70 bits per heavy atom. The van der Waals surface area contributed by atoms with Crippen molar-refractivity contribution in [3.05, 3.63) is 52.5 Å². The molecular weight excluding hydrogens is 323 g/mol. The molecule has 3 nitrogen and oxygen atoms in total. The number of ether oxygens (including phenoxy) is 1. The molecule has 0 bridgehead atoms. The summed E-state index contributed by atoms with van der Waals surface area (Å²) in [5.41, 5.74) is 0.943. The van der Waals surface area contributed by atoms with Gasteiger partial charge < -0.3 is 10.1 Å². The SMILES string of the molecule is CCC(NC)c1ccc(Oc2ccc(Br)cc2F)cn1. The van der Waals surface area contributed by atoms with Crippen molar-refractivity contribution in [3.63, 3.8) is 0 Å². The van der Waals surface area contributed by atoms with Crippen LogP contribution in [0, 0.1) is 5.82 Å². The van der Waals surface area contributed by atoms with Gasteiger partial charge in [0.15, 0.2) is 11.6 Å². The summed E-state index contributed by atoms with van der Waals surface area (Å²) in [6.45, 7) is 2.09. The smallest absolute Gasteiger partial charge is 0.166 e. The Hall–Kier alpha value is -1.46. The van der Waals surface area contributed by atoms with Gasteiger partial charge in [0.1, 0.15) is 5.75 Å². The third-order valence-corrected chi connectivity index (χ3v) is 3.49. The first-order valence-corrected chi connectivity index (χ1v) is 7.19. The third kappa shape index (κ3) is 3.55. The van der Waals surface area contributed by atoms with Crippen LogP contribution >= 0.6 is 15.9 Å². The van der Waals surface area contributed by atoms with Crippen molar-refractivity contribution >= 4 is 15.9 Å². The number of nitrogens with one attached hydrogen (secondary N) is 1. The van der Waals surface area contributed by atoms with Gasteiger partial charge >= 0.3 is 0 Å². The lowest BCUT2D eigenvalue weighted by Crippen LogP contribution is -2.16. The molecule has 1 unspecified atom stereocenters. The van der Waals surface area contributed by atoms with E-state index in [9.17, 15) is 4.39 Å². The van der Waals surface area contributed by atoms with E-state index in [-0.39, 0.29) is 11.8 Å². The van der Waals surface area contributed by atoms with Gasteiger partial charge in [0.05, 0.1) is 11.9 Å². The molecule has 1 atom stereocenters. The van der Waals surface area contributed by atoms with Gasteiger partial charge in [-0.2, -0.15) is 0 Å². The second-order valence-corrected chi connectivity index (χ2v) is 5.26. The van der Waals surface area contributed by atoms with Crippen molar-refractivity contribution in [3.8, 4) is 11.5 Å². The van der Waals surface area contributed by atoms with Crippen LogP contribution in [-0.2, 0) is 0 Å². The number of hydrogen-bond acceptors (Lipinski definition) is 3. The monoisotopic (exact) mass is 338 g/mol. The van der Waals surface area contributed by atoms with Crippen LogP contribution in [-0.4, -0.2) is 12.0 Å². The molecule has 2 rings (SSSR count). The molecule has 106 valence electrons. The Bertz CT molecular complexity index is 571. The number of hydrogen-bond donors (Lipinski definition) is 1. The van der Waals surface area contributed by atoms with Gasteiger partial charge in [0, 0.05) is 10.5 Å². The highest BCUT2D eigenvalue weighted by Crippen LogP contribution is 2.27. The van der Waals surface area contributed by atoms with Gasteiger partial charge in [-0.3, -0.25) is 4.98 Å². The zero-order valence-electron chi connectivity index (χ0n) is 11.4. The number of benzene rings is 1. The molecule has 0 fully saturated rings. The quantitative estimate of drug-likeness (QED) is 0.874. The van der Waals surface area contributed by atoms with Gasteiger partial charge in [-0.15, -0.1) is 0 Å². The Morgan fingerprint density at radius 1 is 1.35 bits per heavy atom. The maximum atomic E-state index is 13.7. The van der Waals surface area contributed by atoms with Crippen LogP contribution in [0.25, 0.3) is 0 Å². The molecule has 0 saturated carbocycles. The average molecular weight is 339 g/mol. The molecule has 2 aromatic rings. The predicted molar refractivity (Wildman–Crippen MR) is 80.5 cm³/mol. The fraction of sp³-hybridized carbons (Fsp3) is 0.267. The van der Waals surface area contributed by atoms with Crippen LogP contribution in [0.5, 0.6) is 11.5 Å². The molecular formula is C15H16BrFN2O. The van der Waals surface area contributed by atoms with Crippen molar-refractivity contribution in [1.29, 1.82) is 0 Å². The molecule has 20 heavy (non-hydrogen) atoms. The number of aromatic nitrogens is 1. The van der Waals surface area contributed by atoms with Gasteiger partial charge in [0.25, 0.3) is 0 Å². The third-order valence-electron chi connectivity index (χ3n) is 2.99. The molecule has 1 aromatic heterocycles. The van der Waals surface area contributed by atoms with E-state index in [4.69, 9.17) is 4.74 Å². The fourth-order valence-electron chi connectivity index (χ4n) is 1.90. The van der Waals surface area contributed by atoms with Gasteiger partial charge in [-0.1, -0.05) is 22.9 Å². The molecule has 1 heterocycles. The largest absolute Gasteiger partial charge is 0.453 e. The zero-order valence-corrected chi connectivity index (χ0v) is 12.9. The van der Waals surface area contributed by atoms with E-state index in [1.807, 2.05) is 13.1 Å². The summed E-state index contributed by atoms with van der Waals surface area (Å²) in [7, 11) is 1.90. The zero-order chi connectivity index (χ0) is 14.5. The minimum Gasteiger partial charge on any atom is -0.453 e. The second kappa shape index (κ2) is 6.81. The highest BCUT2D eigenvalue weighted by Gasteiger charge is 2.09. The Balaban J connectivity index is 2.14. The maximum absolute atomic E-state index is 13.7. The highest BCUT2D eigenvalue weighted by atomic mass is 79.9. The summed E-state index contributed by atoms with van der Waals surface area (Å²) in [4.78, 5) is 4.34. The summed E-state index contributed by atoms with van der Waals surface area (Å²) >= 11 is 3.21. The van der Waals surface area contributed by atoms with Crippen molar-refractivity contribution < 1.29 is 9.13 Å². The molecule has 0 aliphatic carbocycles. The lowest BCUT2D eigenvalue weighted by Gasteiger charge is -2.13. The van der Waals surface area contributed by atoms with E-state index in [0.717, 1.165) is 12.1 Å². The topological polar surface area (TPSA) is 34.1 Å². The van der Waals surface area contributed by atoms with E-state index in [2.05, 4.69) is 33.2 Å². The van der Waals surface area contributed by atoms with Gasteiger partial charge in [-0.05, 0) is 43.8 Å². The second-order valence-electron chi connectivity index (χ2n) is 4.35. The van der Waals surface area contributed by atoms with E-state index in [1.165, 1.54) is 6.07 Å². The molecule has 0 radical (unpaired) electrons. The van der Waals surface area contributed by atoms with Crippen LogP contribution in [0.15, 0.2) is 41.0 Å². The molecule has 0 amide bonds. The minimum atomic E-state index is -0.412.